The predicted molar refractivity (Wildman–Crippen MR) is 73.2 cm³/mol. The molecular formula is C13H13N3O5. The molecule has 2 aromatic rings. The van der Waals surface area contributed by atoms with Crippen LogP contribution in [0.1, 0.15) is 10.4 Å². The maximum atomic E-state index is 11.6. The largest absolute Gasteiger partial charge is 0.481 e. The van der Waals surface area contributed by atoms with E-state index in [1.165, 1.54) is 37.2 Å². The smallest absolute Gasteiger partial charge is 0.338 e. The fraction of sp³-hybridized carbons (Fsp3) is 0.231. The molecule has 0 aliphatic carbocycles. The molecule has 0 saturated heterocycles. The van der Waals surface area contributed by atoms with E-state index in [2.05, 4.69) is 9.84 Å². The molecule has 8 heteroatoms. The molecule has 0 bridgehead atoms. The van der Waals surface area contributed by atoms with Crippen LogP contribution < -0.4 is 4.74 Å². The summed E-state index contributed by atoms with van der Waals surface area (Å²) in [5, 5.41) is 15.0. The van der Waals surface area contributed by atoms with E-state index in [0.29, 0.717) is 17.0 Å². The number of hydrogen-bond donors (Lipinski definition) is 0. The summed E-state index contributed by atoms with van der Waals surface area (Å²) in [5.41, 5.74) is 0.884. The number of benzene rings is 1. The third kappa shape index (κ3) is 2.69. The van der Waals surface area contributed by atoms with Crippen molar-refractivity contribution in [3.63, 3.8) is 0 Å². The number of nitro groups is 1. The summed E-state index contributed by atoms with van der Waals surface area (Å²) in [5.74, 6) is -0.214. The van der Waals surface area contributed by atoms with E-state index in [-0.39, 0.29) is 11.3 Å². The molecule has 0 aliphatic rings. The Morgan fingerprint density at radius 1 is 1.33 bits per heavy atom. The standard InChI is InChI=1S/C13H13N3O5/c1-15-12(20-2)11(7-14-15)8-4-9(13(17)21-3)6-10(5-8)16(18)19/h4-7H,1-3H3. The van der Waals surface area contributed by atoms with Gasteiger partial charge in [0.2, 0.25) is 5.88 Å². The molecule has 1 aromatic carbocycles. The van der Waals surface area contributed by atoms with E-state index in [1.54, 1.807) is 7.05 Å². The summed E-state index contributed by atoms with van der Waals surface area (Å²) in [6.45, 7) is 0. The number of aryl methyl sites for hydroxylation is 1. The lowest BCUT2D eigenvalue weighted by molar-refractivity contribution is -0.384. The number of nitro benzene ring substituents is 1. The Morgan fingerprint density at radius 3 is 2.62 bits per heavy atom. The summed E-state index contributed by atoms with van der Waals surface area (Å²) in [4.78, 5) is 22.1. The van der Waals surface area contributed by atoms with Gasteiger partial charge in [0.1, 0.15) is 0 Å². The van der Waals surface area contributed by atoms with Crippen LogP contribution in [-0.4, -0.2) is 34.9 Å². The second-order valence-electron chi connectivity index (χ2n) is 4.21. The van der Waals surface area contributed by atoms with Crippen LogP contribution in [0.3, 0.4) is 0 Å². The lowest BCUT2D eigenvalue weighted by Crippen LogP contribution is -2.03. The second kappa shape index (κ2) is 5.61. The van der Waals surface area contributed by atoms with E-state index in [4.69, 9.17) is 4.74 Å². The number of nitrogens with zero attached hydrogens (tertiary/aromatic N) is 3. The first-order valence-corrected chi connectivity index (χ1v) is 5.92. The van der Waals surface area contributed by atoms with E-state index in [1.807, 2.05) is 0 Å². The van der Waals surface area contributed by atoms with Crippen molar-refractivity contribution in [3.8, 4) is 17.0 Å². The van der Waals surface area contributed by atoms with Crippen molar-refractivity contribution in [3.05, 3.63) is 40.1 Å². The number of aromatic nitrogens is 2. The maximum Gasteiger partial charge on any atom is 0.338 e. The lowest BCUT2D eigenvalue weighted by Gasteiger charge is -2.06. The maximum absolute atomic E-state index is 11.6. The average Bonchev–Trinajstić information content (AvgIpc) is 2.86. The zero-order valence-electron chi connectivity index (χ0n) is 11.7. The van der Waals surface area contributed by atoms with Crippen LogP contribution in [0.4, 0.5) is 5.69 Å². The fourth-order valence-electron chi connectivity index (χ4n) is 1.97. The van der Waals surface area contributed by atoms with Crippen molar-refractivity contribution < 1.29 is 19.2 Å². The topological polar surface area (TPSA) is 96.5 Å². The molecule has 21 heavy (non-hydrogen) atoms. The Balaban J connectivity index is 2.64. The molecule has 8 nitrogen and oxygen atoms in total. The van der Waals surface area contributed by atoms with E-state index >= 15 is 0 Å². The van der Waals surface area contributed by atoms with Gasteiger partial charge in [0.15, 0.2) is 0 Å². The van der Waals surface area contributed by atoms with Gasteiger partial charge in [-0.1, -0.05) is 0 Å². The molecule has 0 unspecified atom stereocenters. The van der Waals surface area contributed by atoms with Crippen molar-refractivity contribution >= 4 is 11.7 Å². The van der Waals surface area contributed by atoms with Gasteiger partial charge < -0.3 is 9.47 Å². The first-order valence-electron chi connectivity index (χ1n) is 5.92. The molecular weight excluding hydrogens is 278 g/mol. The number of rotatable bonds is 4. The van der Waals surface area contributed by atoms with Crippen molar-refractivity contribution in [2.45, 2.75) is 0 Å². The number of esters is 1. The summed E-state index contributed by atoms with van der Waals surface area (Å²) < 4.78 is 11.3. The minimum Gasteiger partial charge on any atom is -0.481 e. The molecule has 0 fully saturated rings. The average molecular weight is 291 g/mol. The highest BCUT2D eigenvalue weighted by Gasteiger charge is 2.19. The summed E-state index contributed by atoms with van der Waals surface area (Å²) in [7, 11) is 4.37. The van der Waals surface area contributed by atoms with Crippen molar-refractivity contribution in [2.75, 3.05) is 14.2 Å². The molecule has 110 valence electrons. The molecule has 0 amide bonds. The van der Waals surface area contributed by atoms with Gasteiger partial charge >= 0.3 is 5.97 Å². The highest BCUT2D eigenvalue weighted by atomic mass is 16.6. The quantitative estimate of drug-likeness (QED) is 0.484. The lowest BCUT2D eigenvalue weighted by atomic mass is 10.0. The SMILES string of the molecule is COC(=O)c1cc(-c2cnn(C)c2OC)cc([N+](=O)[O-])c1. The van der Waals surface area contributed by atoms with Gasteiger partial charge in [0.25, 0.3) is 5.69 Å². The molecule has 0 spiro atoms. The van der Waals surface area contributed by atoms with Crippen molar-refractivity contribution in [2.24, 2.45) is 7.05 Å². The highest BCUT2D eigenvalue weighted by molar-refractivity contribution is 5.92. The predicted octanol–water partition coefficient (Wildman–Crippen LogP) is 1.79. The third-order valence-electron chi connectivity index (χ3n) is 2.94. The third-order valence-corrected chi connectivity index (χ3v) is 2.94. The van der Waals surface area contributed by atoms with Gasteiger partial charge in [0.05, 0.1) is 36.5 Å². The van der Waals surface area contributed by atoms with Crippen LogP contribution in [0, 0.1) is 10.1 Å². The number of carbonyl (C=O) groups is 1. The fourth-order valence-corrected chi connectivity index (χ4v) is 1.97. The van der Waals surface area contributed by atoms with Crippen molar-refractivity contribution in [1.82, 2.24) is 9.78 Å². The van der Waals surface area contributed by atoms with Crippen LogP contribution in [0.2, 0.25) is 0 Å². The molecule has 1 aromatic heterocycles. The zero-order chi connectivity index (χ0) is 15.6. The molecule has 1 heterocycles. The molecule has 0 saturated carbocycles. The van der Waals surface area contributed by atoms with E-state index in [0.717, 1.165) is 6.07 Å². The molecule has 2 rings (SSSR count). The van der Waals surface area contributed by atoms with Gasteiger partial charge in [-0.2, -0.15) is 5.10 Å². The highest BCUT2D eigenvalue weighted by Crippen LogP contribution is 2.32. The van der Waals surface area contributed by atoms with Crippen LogP contribution in [0.25, 0.3) is 11.1 Å². The Bertz CT molecular complexity index is 708. The van der Waals surface area contributed by atoms with Crippen LogP contribution in [0.15, 0.2) is 24.4 Å². The van der Waals surface area contributed by atoms with E-state index in [9.17, 15) is 14.9 Å². The van der Waals surface area contributed by atoms with Crippen molar-refractivity contribution in [1.29, 1.82) is 0 Å². The second-order valence-corrected chi connectivity index (χ2v) is 4.21. The Hall–Kier alpha value is -2.90. The number of hydrogen-bond acceptors (Lipinski definition) is 6. The minimum absolute atomic E-state index is 0.0904. The van der Waals surface area contributed by atoms with Crippen LogP contribution in [-0.2, 0) is 11.8 Å². The van der Waals surface area contributed by atoms with Gasteiger partial charge in [-0.3, -0.25) is 10.1 Å². The molecule has 0 aliphatic heterocycles. The number of ether oxygens (including phenoxy) is 2. The monoisotopic (exact) mass is 291 g/mol. The molecule has 0 atom stereocenters. The normalized spacial score (nSPS) is 10.2. The summed E-state index contributed by atoms with van der Waals surface area (Å²) >= 11 is 0. The zero-order valence-corrected chi connectivity index (χ0v) is 11.7. The Kier molecular flexibility index (Phi) is 3.88. The Morgan fingerprint density at radius 2 is 2.05 bits per heavy atom. The Labute approximate surface area is 120 Å². The van der Waals surface area contributed by atoms with Crippen LogP contribution >= 0.6 is 0 Å². The van der Waals surface area contributed by atoms with Crippen LogP contribution in [0.5, 0.6) is 5.88 Å². The number of methoxy groups -OCH3 is 2. The molecule has 0 radical (unpaired) electrons. The number of non-ortho nitro benzene ring substituents is 1. The van der Waals surface area contributed by atoms with Gasteiger partial charge in [-0.05, 0) is 11.6 Å². The van der Waals surface area contributed by atoms with Gasteiger partial charge in [-0.15, -0.1) is 0 Å². The van der Waals surface area contributed by atoms with Gasteiger partial charge in [-0.25, -0.2) is 9.48 Å². The first-order chi connectivity index (χ1) is 9.97. The summed E-state index contributed by atoms with van der Waals surface area (Å²) in [6.07, 6.45) is 1.51. The molecule has 0 N–H and O–H groups in total. The minimum atomic E-state index is -0.650. The van der Waals surface area contributed by atoms with Gasteiger partial charge in [0, 0.05) is 19.2 Å². The first kappa shape index (κ1) is 14.5. The van der Waals surface area contributed by atoms with E-state index < -0.39 is 10.9 Å². The number of carbonyl (C=O) groups excluding carboxylic acids is 1. The summed E-state index contributed by atoms with van der Waals surface area (Å²) in [6, 6.07) is 4.02.